The van der Waals surface area contributed by atoms with Crippen molar-refractivity contribution < 1.29 is 4.79 Å². The molecular weight excluding hydrogens is 252 g/mol. The summed E-state index contributed by atoms with van der Waals surface area (Å²) in [5.74, 6) is 0.146. The van der Waals surface area contributed by atoms with Crippen molar-refractivity contribution in [3.05, 3.63) is 56.8 Å². The summed E-state index contributed by atoms with van der Waals surface area (Å²) in [5.41, 5.74) is 2.77. The fourth-order valence-electron chi connectivity index (χ4n) is 2.34. The van der Waals surface area contributed by atoms with Crippen molar-refractivity contribution in [2.75, 3.05) is 0 Å². The highest BCUT2D eigenvalue weighted by molar-refractivity contribution is 7.12. The highest BCUT2D eigenvalue weighted by atomic mass is 32.1. The number of rotatable bonds is 2. The second-order valence-corrected chi connectivity index (χ2v) is 7.41. The van der Waals surface area contributed by atoms with Crippen LogP contribution in [0.2, 0.25) is 0 Å². The van der Waals surface area contributed by atoms with Gasteiger partial charge in [0.05, 0.1) is 0 Å². The summed E-state index contributed by atoms with van der Waals surface area (Å²) in [4.78, 5) is 15.0. The zero-order valence-corrected chi connectivity index (χ0v) is 13.0. The van der Waals surface area contributed by atoms with Crippen LogP contribution in [0.15, 0.2) is 30.3 Å². The van der Waals surface area contributed by atoms with E-state index in [0.29, 0.717) is 0 Å². The van der Waals surface area contributed by atoms with E-state index in [0.717, 1.165) is 21.6 Å². The summed E-state index contributed by atoms with van der Waals surface area (Å²) in [6.07, 6.45) is 0. The van der Waals surface area contributed by atoms with Crippen LogP contribution in [0.1, 0.15) is 52.0 Å². The van der Waals surface area contributed by atoms with E-state index in [1.807, 2.05) is 38.1 Å². The van der Waals surface area contributed by atoms with Crippen LogP contribution in [0.4, 0.5) is 0 Å². The second-order valence-electron chi connectivity index (χ2n) is 5.95. The maximum Gasteiger partial charge on any atom is 0.194 e. The number of hydrogen-bond acceptors (Lipinski definition) is 2. The first-order valence-corrected chi connectivity index (χ1v) is 7.33. The van der Waals surface area contributed by atoms with Gasteiger partial charge in [-0.1, -0.05) is 45.0 Å². The molecule has 0 unspecified atom stereocenters. The standard InChI is InChI=1S/C17H20OS/c1-11-10-14(12(2)19-11)16(18)13-8-6-7-9-15(13)17(3,4)5/h6-10H,1-5H3. The van der Waals surface area contributed by atoms with E-state index >= 15 is 0 Å². The molecule has 1 aromatic heterocycles. The normalized spacial score (nSPS) is 11.6. The number of carbonyl (C=O) groups is 1. The molecule has 0 spiro atoms. The van der Waals surface area contributed by atoms with E-state index in [1.54, 1.807) is 11.3 Å². The Hall–Kier alpha value is -1.41. The van der Waals surface area contributed by atoms with Crippen LogP contribution >= 0.6 is 11.3 Å². The van der Waals surface area contributed by atoms with Crippen LogP contribution in [0.5, 0.6) is 0 Å². The van der Waals surface area contributed by atoms with Gasteiger partial charge in [0.2, 0.25) is 0 Å². The lowest BCUT2D eigenvalue weighted by Crippen LogP contribution is -2.17. The minimum absolute atomic E-state index is 0.0226. The van der Waals surface area contributed by atoms with Crippen LogP contribution < -0.4 is 0 Å². The molecule has 2 rings (SSSR count). The van der Waals surface area contributed by atoms with Crippen molar-refractivity contribution in [1.82, 2.24) is 0 Å². The smallest absolute Gasteiger partial charge is 0.194 e. The maximum absolute atomic E-state index is 12.8. The van der Waals surface area contributed by atoms with Gasteiger partial charge >= 0.3 is 0 Å². The van der Waals surface area contributed by atoms with Crippen molar-refractivity contribution >= 4 is 17.1 Å². The largest absolute Gasteiger partial charge is 0.289 e. The third kappa shape index (κ3) is 2.79. The Labute approximate surface area is 119 Å². The molecule has 1 nitrogen and oxygen atoms in total. The van der Waals surface area contributed by atoms with Gasteiger partial charge in [0.25, 0.3) is 0 Å². The lowest BCUT2D eigenvalue weighted by Gasteiger charge is -2.22. The van der Waals surface area contributed by atoms with Gasteiger partial charge in [0.1, 0.15) is 0 Å². The summed E-state index contributed by atoms with van der Waals surface area (Å²) in [5, 5.41) is 0. The molecule has 0 atom stereocenters. The van der Waals surface area contributed by atoms with Crippen LogP contribution in [-0.4, -0.2) is 5.78 Å². The lowest BCUT2D eigenvalue weighted by atomic mass is 9.82. The summed E-state index contributed by atoms with van der Waals surface area (Å²) in [7, 11) is 0. The molecule has 0 radical (unpaired) electrons. The Balaban J connectivity index is 2.54. The molecular formula is C17H20OS. The molecule has 0 aliphatic carbocycles. The minimum Gasteiger partial charge on any atom is -0.289 e. The molecule has 0 fully saturated rings. The van der Waals surface area contributed by atoms with Crippen LogP contribution in [0.25, 0.3) is 0 Å². The third-order valence-corrected chi connectivity index (χ3v) is 4.23. The van der Waals surface area contributed by atoms with Crippen molar-refractivity contribution in [2.45, 2.75) is 40.0 Å². The van der Waals surface area contributed by atoms with Crippen molar-refractivity contribution in [2.24, 2.45) is 0 Å². The molecule has 0 bridgehead atoms. The van der Waals surface area contributed by atoms with Gasteiger partial charge in [0.15, 0.2) is 5.78 Å². The van der Waals surface area contributed by atoms with E-state index in [4.69, 9.17) is 0 Å². The zero-order valence-electron chi connectivity index (χ0n) is 12.2. The molecule has 0 amide bonds. The average Bonchev–Trinajstić information content (AvgIpc) is 2.66. The Morgan fingerprint density at radius 2 is 1.68 bits per heavy atom. The topological polar surface area (TPSA) is 17.1 Å². The second kappa shape index (κ2) is 4.93. The molecule has 0 N–H and O–H groups in total. The summed E-state index contributed by atoms with van der Waals surface area (Å²) in [6.45, 7) is 10.5. The first kappa shape index (κ1) is 14.0. The number of aryl methyl sites for hydroxylation is 2. The maximum atomic E-state index is 12.8. The molecule has 19 heavy (non-hydrogen) atoms. The van der Waals surface area contributed by atoms with Crippen molar-refractivity contribution in [3.63, 3.8) is 0 Å². The van der Waals surface area contributed by atoms with Gasteiger partial charge in [-0.3, -0.25) is 4.79 Å². The average molecular weight is 272 g/mol. The number of carbonyl (C=O) groups excluding carboxylic acids is 1. The van der Waals surface area contributed by atoms with E-state index in [-0.39, 0.29) is 11.2 Å². The van der Waals surface area contributed by atoms with E-state index in [2.05, 4.69) is 26.8 Å². The van der Waals surface area contributed by atoms with E-state index in [9.17, 15) is 4.79 Å². The summed E-state index contributed by atoms with van der Waals surface area (Å²) >= 11 is 1.68. The van der Waals surface area contributed by atoms with Crippen LogP contribution in [0.3, 0.4) is 0 Å². The number of benzene rings is 1. The fraction of sp³-hybridized carbons (Fsp3) is 0.353. The lowest BCUT2D eigenvalue weighted by molar-refractivity contribution is 0.103. The SMILES string of the molecule is Cc1cc(C(=O)c2ccccc2C(C)(C)C)c(C)s1. The van der Waals surface area contributed by atoms with Crippen LogP contribution in [-0.2, 0) is 5.41 Å². The molecule has 2 aromatic rings. The highest BCUT2D eigenvalue weighted by Crippen LogP contribution is 2.29. The Morgan fingerprint density at radius 3 is 2.21 bits per heavy atom. The Bertz CT molecular complexity index is 614. The Morgan fingerprint density at radius 1 is 1.05 bits per heavy atom. The zero-order chi connectivity index (χ0) is 14.2. The number of ketones is 1. The van der Waals surface area contributed by atoms with Gasteiger partial charge in [-0.2, -0.15) is 0 Å². The van der Waals surface area contributed by atoms with Gasteiger partial charge in [0, 0.05) is 20.9 Å². The van der Waals surface area contributed by atoms with Gasteiger partial charge in [-0.25, -0.2) is 0 Å². The van der Waals surface area contributed by atoms with Gasteiger partial charge in [-0.15, -0.1) is 11.3 Å². The molecule has 1 aromatic carbocycles. The predicted molar refractivity (Wildman–Crippen MR) is 82.4 cm³/mol. The first-order chi connectivity index (χ1) is 8.80. The summed E-state index contributed by atoms with van der Waals surface area (Å²) < 4.78 is 0. The summed E-state index contributed by atoms with van der Waals surface area (Å²) in [6, 6.07) is 9.94. The predicted octanol–water partition coefficient (Wildman–Crippen LogP) is 4.89. The first-order valence-electron chi connectivity index (χ1n) is 6.52. The van der Waals surface area contributed by atoms with Gasteiger partial charge < -0.3 is 0 Å². The number of thiophene rings is 1. The highest BCUT2D eigenvalue weighted by Gasteiger charge is 2.23. The monoisotopic (exact) mass is 272 g/mol. The van der Waals surface area contributed by atoms with Crippen molar-refractivity contribution in [1.29, 1.82) is 0 Å². The Kier molecular flexibility index (Phi) is 3.64. The van der Waals surface area contributed by atoms with E-state index in [1.165, 1.54) is 4.88 Å². The number of hydrogen-bond donors (Lipinski definition) is 0. The molecule has 0 aliphatic rings. The molecule has 0 saturated carbocycles. The van der Waals surface area contributed by atoms with E-state index < -0.39 is 0 Å². The third-order valence-electron chi connectivity index (χ3n) is 3.27. The minimum atomic E-state index is -0.0226. The molecule has 0 aliphatic heterocycles. The molecule has 1 heterocycles. The van der Waals surface area contributed by atoms with Crippen molar-refractivity contribution in [3.8, 4) is 0 Å². The molecule has 100 valence electrons. The fourth-order valence-corrected chi connectivity index (χ4v) is 3.26. The quantitative estimate of drug-likeness (QED) is 0.711. The van der Waals surface area contributed by atoms with Gasteiger partial charge in [-0.05, 0) is 30.9 Å². The molecule has 0 saturated heterocycles. The molecule has 2 heteroatoms. The van der Waals surface area contributed by atoms with Crippen LogP contribution in [0, 0.1) is 13.8 Å².